The van der Waals surface area contributed by atoms with E-state index >= 15 is 0 Å². The molecule has 12 nitrogen and oxygen atoms in total. The van der Waals surface area contributed by atoms with E-state index in [1.165, 1.54) is 36.4 Å². The largest absolute Gasteiger partial charge is 1.00 e. The molecule has 0 spiro atoms. The molecular weight excluding hydrogens is 699 g/mol. The van der Waals surface area contributed by atoms with Crippen molar-refractivity contribution in [3.05, 3.63) is 120 Å². The first kappa shape index (κ1) is 39.0. The zero-order valence-corrected chi connectivity index (χ0v) is 32.4. The van der Waals surface area contributed by atoms with Gasteiger partial charge in [0.2, 0.25) is 0 Å². The van der Waals surface area contributed by atoms with E-state index in [2.05, 4.69) is 20.5 Å². The molecule has 0 unspecified atom stereocenters. The number of hydrogen-bond acceptors (Lipinski definition) is 12. The van der Waals surface area contributed by atoms with Crippen LogP contribution in [0, 0.1) is 0 Å². The van der Waals surface area contributed by atoms with E-state index < -0.39 is 30.0 Å². The molecule has 4 N–H and O–H groups in total. The monoisotopic (exact) mass is 722 g/mol. The molecule has 6 rings (SSSR count). The molecule has 0 saturated carbocycles. The third-order valence-electron chi connectivity index (χ3n) is 7.39. The van der Waals surface area contributed by atoms with Crippen molar-refractivity contribution in [2.24, 2.45) is 20.5 Å². The van der Waals surface area contributed by atoms with Crippen LogP contribution in [0.4, 0.5) is 34.1 Å². The number of benzene rings is 6. The maximum absolute atomic E-state index is 12.2. The first-order valence-corrected chi connectivity index (χ1v) is 17.0. The predicted molar refractivity (Wildman–Crippen MR) is 183 cm³/mol. The zero-order valence-electron chi connectivity index (χ0n) is 26.8. The second-order valence-corrected chi connectivity index (χ2v) is 13.2. The van der Waals surface area contributed by atoms with Gasteiger partial charge in [-0.1, -0.05) is 72.8 Å². The van der Waals surface area contributed by atoms with Gasteiger partial charge >= 0.3 is 59.1 Å². The number of nitrogens with zero attached hydrogens (tertiary/aromatic N) is 4. The maximum Gasteiger partial charge on any atom is 1.00 e. The Labute approximate surface area is 332 Å². The Morgan fingerprint density at radius 2 is 0.840 bits per heavy atom. The Morgan fingerprint density at radius 1 is 0.480 bits per heavy atom. The Balaban J connectivity index is 0.00000281. The van der Waals surface area contributed by atoms with Gasteiger partial charge in [0.1, 0.15) is 20.2 Å². The summed E-state index contributed by atoms with van der Waals surface area (Å²) in [6.45, 7) is 0. The van der Waals surface area contributed by atoms with Gasteiger partial charge in [-0.15, -0.1) is 10.2 Å². The first-order chi connectivity index (χ1) is 22.9. The Bertz CT molecular complexity index is 2390. The van der Waals surface area contributed by atoms with E-state index in [4.69, 9.17) is 11.5 Å². The van der Waals surface area contributed by atoms with E-state index in [0.29, 0.717) is 22.7 Å². The minimum Gasteiger partial charge on any atom is -0.744 e. The van der Waals surface area contributed by atoms with Crippen molar-refractivity contribution in [3.63, 3.8) is 0 Å². The molecule has 0 aliphatic heterocycles. The van der Waals surface area contributed by atoms with Gasteiger partial charge in [-0.2, -0.15) is 10.2 Å². The maximum atomic E-state index is 12.2. The van der Waals surface area contributed by atoms with Crippen LogP contribution in [0.2, 0.25) is 0 Å². The Hall–Kier alpha value is -3.80. The Kier molecular flexibility index (Phi) is 12.5. The summed E-state index contributed by atoms with van der Waals surface area (Å²) in [5.41, 5.74) is 14.2. The molecule has 0 amide bonds. The average Bonchev–Trinajstić information content (AvgIpc) is 3.06. The molecule has 0 saturated heterocycles. The topological polar surface area (TPSA) is 216 Å². The van der Waals surface area contributed by atoms with Gasteiger partial charge in [0.05, 0.1) is 32.5 Å². The fraction of sp³-hybridized carbons (Fsp3) is 0. The van der Waals surface area contributed by atoms with Crippen molar-refractivity contribution in [2.45, 2.75) is 9.79 Å². The normalized spacial score (nSPS) is 12.1. The van der Waals surface area contributed by atoms with Gasteiger partial charge < -0.3 is 20.6 Å². The van der Waals surface area contributed by atoms with E-state index in [1.54, 1.807) is 24.3 Å². The molecule has 0 aromatic heterocycles. The van der Waals surface area contributed by atoms with E-state index in [-0.39, 0.29) is 81.6 Å². The van der Waals surface area contributed by atoms with Gasteiger partial charge in [-0.05, 0) is 59.7 Å². The predicted octanol–water partition coefficient (Wildman–Crippen LogP) is 1.97. The third kappa shape index (κ3) is 8.73. The van der Waals surface area contributed by atoms with Crippen LogP contribution in [-0.2, 0) is 20.2 Å². The summed E-state index contributed by atoms with van der Waals surface area (Å²) in [5, 5.41) is 19.7. The summed E-state index contributed by atoms with van der Waals surface area (Å²) >= 11 is 0. The van der Waals surface area contributed by atoms with E-state index in [9.17, 15) is 25.9 Å². The van der Waals surface area contributed by atoms with Gasteiger partial charge in [0, 0.05) is 32.9 Å². The van der Waals surface area contributed by atoms with Crippen molar-refractivity contribution >= 4 is 88.1 Å². The number of anilines is 2. The van der Waals surface area contributed by atoms with Gasteiger partial charge in [-0.25, -0.2) is 16.8 Å². The Morgan fingerprint density at radius 3 is 1.20 bits per heavy atom. The standard InChI is InChI=1S/C34H26N6O6S2.2Na/c35-29-15-17-31(27-7-3-1-5-25(27)29)39-37-23-13-11-21(33(19-23)47(41,42)43)9-10-22-12-14-24(20-34(22)48(44,45)46)38-40-32-18-16-30(36)26-6-2-4-8-28(26)32;;/h1-20H,35-36H2,(H,41,42,43)(H,44,45,46);;/q;2*+1/p-2. The van der Waals surface area contributed by atoms with Crippen LogP contribution in [0.5, 0.6) is 0 Å². The number of nitrogens with two attached hydrogens (primary N) is 2. The summed E-state index contributed by atoms with van der Waals surface area (Å²) < 4.78 is 73.3. The van der Waals surface area contributed by atoms with Crippen LogP contribution in [0.1, 0.15) is 11.1 Å². The van der Waals surface area contributed by atoms with Crippen molar-refractivity contribution < 1.29 is 85.1 Å². The van der Waals surface area contributed by atoms with Gasteiger partial charge in [-0.3, -0.25) is 0 Å². The summed E-state index contributed by atoms with van der Waals surface area (Å²) in [6, 6.07) is 28.9. The van der Waals surface area contributed by atoms with Gasteiger partial charge in [0.15, 0.2) is 0 Å². The molecule has 50 heavy (non-hydrogen) atoms. The van der Waals surface area contributed by atoms with Crippen LogP contribution >= 0.6 is 0 Å². The van der Waals surface area contributed by atoms with Crippen LogP contribution < -0.4 is 70.6 Å². The number of hydrogen-bond donors (Lipinski definition) is 2. The molecule has 6 aromatic carbocycles. The fourth-order valence-corrected chi connectivity index (χ4v) is 6.45. The fourth-order valence-electron chi connectivity index (χ4n) is 5.07. The van der Waals surface area contributed by atoms with Crippen molar-refractivity contribution in [3.8, 4) is 0 Å². The summed E-state index contributed by atoms with van der Waals surface area (Å²) in [7, 11) is -10.0. The molecule has 0 heterocycles. The quantitative estimate of drug-likeness (QED) is 0.0777. The van der Waals surface area contributed by atoms with Crippen LogP contribution in [0.15, 0.2) is 139 Å². The minimum atomic E-state index is -5.02. The molecule has 0 aliphatic carbocycles. The second-order valence-electron chi connectivity index (χ2n) is 10.5. The third-order valence-corrected chi connectivity index (χ3v) is 9.18. The molecule has 6 aromatic rings. The van der Waals surface area contributed by atoms with Crippen molar-refractivity contribution in [1.29, 1.82) is 0 Å². The second kappa shape index (κ2) is 16.0. The number of azo groups is 2. The SMILES string of the molecule is Nc1ccc(N=Nc2ccc(C=Cc3ccc(N=Nc4ccc(N)c5ccccc45)cc3S(=O)(=O)[O-])c(S(=O)(=O)[O-])c2)c2ccccc12.[Na+].[Na+]. The summed E-state index contributed by atoms with van der Waals surface area (Å²) in [4.78, 5) is -1.24. The zero-order chi connectivity index (χ0) is 34.1. The van der Waals surface area contributed by atoms with Gasteiger partial charge in [0.25, 0.3) is 0 Å². The smallest absolute Gasteiger partial charge is 0.744 e. The number of rotatable bonds is 8. The van der Waals surface area contributed by atoms with E-state index in [0.717, 1.165) is 33.7 Å². The molecule has 0 radical (unpaired) electrons. The average molecular weight is 723 g/mol. The molecule has 0 fully saturated rings. The molecule has 240 valence electrons. The number of nitrogen functional groups attached to an aromatic ring is 2. The van der Waals surface area contributed by atoms with Crippen LogP contribution in [-0.4, -0.2) is 25.9 Å². The molecule has 0 atom stereocenters. The summed E-state index contributed by atoms with van der Waals surface area (Å²) in [5.74, 6) is 0. The van der Waals surface area contributed by atoms with Crippen molar-refractivity contribution in [2.75, 3.05) is 11.5 Å². The summed E-state index contributed by atoms with van der Waals surface area (Å²) in [6.07, 6.45) is 2.43. The van der Waals surface area contributed by atoms with Crippen LogP contribution in [0.25, 0.3) is 33.7 Å². The minimum absolute atomic E-state index is 0. The van der Waals surface area contributed by atoms with E-state index in [1.807, 2.05) is 48.5 Å². The molecule has 0 bridgehead atoms. The van der Waals surface area contributed by atoms with Crippen molar-refractivity contribution in [1.82, 2.24) is 0 Å². The molecule has 0 aliphatic rings. The number of fused-ring (bicyclic) bond motifs is 2. The van der Waals surface area contributed by atoms with Crippen LogP contribution in [0.3, 0.4) is 0 Å². The molecule has 16 heteroatoms. The molecular formula is C34H24N6Na2O6S2. The first-order valence-electron chi connectivity index (χ1n) is 14.1.